The lowest BCUT2D eigenvalue weighted by atomic mass is 10.3. The Morgan fingerprint density at radius 2 is 2.40 bits per heavy atom. The summed E-state index contributed by atoms with van der Waals surface area (Å²) in [6.45, 7) is 4.14. The zero-order valence-electron chi connectivity index (χ0n) is 8.56. The number of carbonyl (C=O) groups excluding carboxylic acids is 1. The average molecular weight is 228 g/mol. The zero-order valence-corrected chi connectivity index (χ0v) is 9.37. The van der Waals surface area contributed by atoms with Crippen LogP contribution in [0.25, 0.3) is 0 Å². The molecule has 0 saturated carbocycles. The van der Waals surface area contributed by atoms with E-state index in [2.05, 4.69) is 15.5 Å². The molecular weight excluding hydrogens is 216 g/mol. The molecule has 6 nitrogen and oxygen atoms in total. The normalized spacial score (nSPS) is 9.73. The predicted molar refractivity (Wildman–Crippen MR) is 55.6 cm³/mol. The molecule has 0 aliphatic carbocycles. The number of aromatic amines is 1. The number of esters is 1. The van der Waals surface area contributed by atoms with Gasteiger partial charge in [-0.1, -0.05) is 15.9 Å². The first-order chi connectivity index (χ1) is 7.09. The standard InChI is InChI=1S/C8H12N4O2S/c1-6(2)3-4-14-7(13)5-12-8(15)9-10-11-12/h3H,4-5H2,1-2H3,(H,9,11,15). The van der Waals surface area contributed by atoms with Crippen LogP contribution in [0, 0.1) is 4.77 Å². The minimum atomic E-state index is -0.380. The number of rotatable bonds is 4. The zero-order chi connectivity index (χ0) is 11.3. The van der Waals surface area contributed by atoms with E-state index in [1.54, 1.807) is 0 Å². The third kappa shape index (κ3) is 4.03. The Bertz CT molecular complexity index is 416. The summed E-state index contributed by atoms with van der Waals surface area (Å²) in [5.74, 6) is -0.380. The third-order valence-electron chi connectivity index (χ3n) is 1.55. The average Bonchev–Trinajstić information content (AvgIpc) is 2.51. The van der Waals surface area contributed by atoms with Crippen molar-refractivity contribution in [3.63, 3.8) is 0 Å². The summed E-state index contributed by atoms with van der Waals surface area (Å²) < 4.78 is 6.49. The fourth-order valence-electron chi connectivity index (χ4n) is 0.795. The van der Waals surface area contributed by atoms with Crippen molar-refractivity contribution in [1.82, 2.24) is 20.2 Å². The second-order valence-corrected chi connectivity index (χ2v) is 3.50. The van der Waals surface area contributed by atoms with E-state index >= 15 is 0 Å². The summed E-state index contributed by atoms with van der Waals surface area (Å²) in [6, 6.07) is 0. The Morgan fingerprint density at radius 1 is 1.67 bits per heavy atom. The molecule has 0 unspecified atom stereocenters. The first-order valence-electron chi connectivity index (χ1n) is 4.36. The number of ether oxygens (including phenoxy) is 1. The van der Waals surface area contributed by atoms with E-state index in [-0.39, 0.29) is 23.9 Å². The highest BCUT2D eigenvalue weighted by Gasteiger charge is 2.04. The molecule has 7 heteroatoms. The van der Waals surface area contributed by atoms with Crippen molar-refractivity contribution >= 4 is 18.2 Å². The van der Waals surface area contributed by atoms with Crippen molar-refractivity contribution in [3.8, 4) is 0 Å². The van der Waals surface area contributed by atoms with Gasteiger partial charge >= 0.3 is 5.97 Å². The molecule has 15 heavy (non-hydrogen) atoms. The van der Waals surface area contributed by atoms with Crippen LogP contribution in [-0.2, 0) is 16.1 Å². The number of nitrogens with one attached hydrogen (secondary N) is 1. The SMILES string of the molecule is CC(C)=CCOC(=O)Cn1[nH]nnc1=S. The van der Waals surface area contributed by atoms with E-state index in [1.165, 1.54) is 4.68 Å². The molecule has 0 spiro atoms. The Labute approximate surface area is 91.9 Å². The number of H-pyrrole nitrogens is 1. The maximum atomic E-state index is 11.2. The third-order valence-corrected chi connectivity index (χ3v) is 1.86. The van der Waals surface area contributed by atoms with E-state index in [0.717, 1.165) is 5.57 Å². The Hall–Kier alpha value is -1.50. The van der Waals surface area contributed by atoms with E-state index in [9.17, 15) is 4.79 Å². The molecule has 0 atom stereocenters. The Morgan fingerprint density at radius 3 is 2.93 bits per heavy atom. The van der Waals surface area contributed by atoms with Gasteiger partial charge in [0.1, 0.15) is 13.2 Å². The molecule has 82 valence electrons. The quantitative estimate of drug-likeness (QED) is 0.470. The molecule has 0 amide bonds. The van der Waals surface area contributed by atoms with Crippen LogP contribution in [0.4, 0.5) is 0 Å². The molecule has 0 fully saturated rings. The van der Waals surface area contributed by atoms with Crippen molar-refractivity contribution in [3.05, 3.63) is 16.4 Å². The van der Waals surface area contributed by atoms with Crippen LogP contribution in [0.5, 0.6) is 0 Å². The fraction of sp³-hybridized carbons (Fsp3) is 0.500. The maximum absolute atomic E-state index is 11.2. The minimum absolute atomic E-state index is 0.00242. The molecule has 0 saturated heterocycles. The molecule has 1 rings (SSSR count). The lowest BCUT2D eigenvalue weighted by Crippen LogP contribution is -2.15. The van der Waals surface area contributed by atoms with Gasteiger partial charge in [-0.05, 0) is 32.1 Å². The maximum Gasteiger partial charge on any atom is 0.328 e. The molecule has 0 aromatic carbocycles. The van der Waals surface area contributed by atoms with Gasteiger partial charge in [-0.2, -0.15) is 5.21 Å². The van der Waals surface area contributed by atoms with Gasteiger partial charge in [-0.15, -0.1) is 0 Å². The van der Waals surface area contributed by atoms with Crippen LogP contribution < -0.4 is 0 Å². The first kappa shape index (κ1) is 11.6. The summed E-state index contributed by atoms with van der Waals surface area (Å²) in [5.41, 5.74) is 1.10. The number of hydrogen-bond donors (Lipinski definition) is 1. The van der Waals surface area contributed by atoms with Crippen molar-refractivity contribution in [2.45, 2.75) is 20.4 Å². The summed E-state index contributed by atoms with van der Waals surface area (Å²) in [5, 5.41) is 9.45. The smallest absolute Gasteiger partial charge is 0.328 e. The van der Waals surface area contributed by atoms with Gasteiger partial charge in [-0.25, -0.2) is 4.68 Å². The van der Waals surface area contributed by atoms with Gasteiger partial charge in [0.05, 0.1) is 0 Å². The van der Waals surface area contributed by atoms with E-state index in [1.807, 2.05) is 19.9 Å². The lowest BCUT2D eigenvalue weighted by Gasteiger charge is -2.01. The molecule has 0 bridgehead atoms. The summed E-state index contributed by atoms with van der Waals surface area (Å²) in [7, 11) is 0. The van der Waals surface area contributed by atoms with Crippen LogP contribution in [0.2, 0.25) is 0 Å². The van der Waals surface area contributed by atoms with Gasteiger partial charge in [0.15, 0.2) is 0 Å². The number of allylic oxidation sites excluding steroid dienone is 1. The molecule has 1 heterocycles. The molecule has 1 aromatic rings. The van der Waals surface area contributed by atoms with Gasteiger partial charge in [-0.3, -0.25) is 4.79 Å². The molecule has 1 N–H and O–H groups in total. The number of nitrogens with zero attached hydrogens (tertiary/aromatic N) is 3. The molecule has 0 radical (unpaired) electrons. The molecular formula is C8H12N4O2S. The van der Waals surface area contributed by atoms with E-state index in [4.69, 9.17) is 17.0 Å². The van der Waals surface area contributed by atoms with Crippen LogP contribution in [0.3, 0.4) is 0 Å². The van der Waals surface area contributed by atoms with Gasteiger partial charge < -0.3 is 4.74 Å². The Kier molecular flexibility index (Phi) is 4.17. The van der Waals surface area contributed by atoms with Crippen LogP contribution in [0.15, 0.2) is 11.6 Å². The topological polar surface area (TPSA) is 72.8 Å². The van der Waals surface area contributed by atoms with Crippen LogP contribution in [-0.4, -0.2) is 32.8 Å². The largest absolute Gasteiger partial charge is 0.460 e. The number of carbonyl (C=O) groups is 1. The fourth-order valence-corrected chi connectivity index (χ4v) is 0.941. The molecule has 0 aliphatic rings. The monoisotopic (exact) mass is 228 g/mol. The Balaban J connectivity index is 2.41. The van der Waals surface area contributed by atoms with Gasteiger partial charge in [0.25, 0.3) is 0 Å². The van der Waals surface area contributed by atoms with E-state index < -0.39 is 0 Å². The number of tetrazole rings is 1. The highest BCUT2D eigenvalue weighted by molar-refractivity contribution is 7.71. The van der Waals surface area contributed by atoms with Crippen molar-refractivity contribution < 1.29 is 9.53 Å². The highest BCUT2D eigenvalue weighted by Crippen LogP contribution is 1.91. The second-order valence-electron chi connectivity index (χ2n) is 3.13. The molecule has 1 aromatic heterocycles. The van der Waals surface area contributed by atoms with Crippen LogP contribution >= 0.6 is 12.2 Å². The second kappa shape index (κ2) is 5.40. The van der Waals surface area contributed by atoms with Gasteiger partial charge in [0.2, 0.25) is 4.77 Å². The summed E-state index contributed by atoms with van der Waals surface area (Å²) in [6.07, 6.45) is 1.82. The van der Waals surface area contributed by atoms with Crippen LogP contribution in [0.1, 0.15) is 13.8 Å². The van der Waals surface area contributed by atoms with Crippen molar-refractivity contribution in [2.75, 3.05) is 6.61 Å². The summed E-state index contributed by atoms with van der Waals surface area (Å²) >= 11 is 4.80. The van der Waals surface area contributed by atoms with E-state index in [0.29, 0.717) is 0 Å². The minimum Gasteiger partial charge on any atom is -0.460 e. The number of aromatic nitrogens is 4. The van der Waals surface area contributed by atoms with Crippen molar-refractivity contribution in [1.29, 1.82) is 0 Å². The lowest BCUT2D eigenvalue weighted by molar-refractivity contribution is -0.143. The number of hydrogen-bond acceptors (Lipinski definition) is 5. The summed E-state index contributed by atoms with van der Waals surface area (Å²) in [4.78, 5) is 11.2. The van der Waals surface area contributed by atoms with Crippen molar-refractivity contribution in [2.24, 2.45) is 0 Å². The molecule has 0 aliphatic heterocycles. The first-order valence-corrected chi connectivity index (χ1v) is 4.77. The predicted octanol–water partition coefficient (Wildman–Crippen LogP) is 0.845. The van der Waals surface area contributed by atoms with Gasteiger partial charge in [0, 0.05) is 0 Å². The highest BCUT2D eigenvalue weighted by atomic mass is 32.1.